The number of benzene rings is 2. The van der Waals surface area contributed by atoms with E-state index in [4.69, 9.17) is 25.9 Å². The van der Waals surface area contributed by atoms with E-state index in [1.807, 2.05) is 4.90 Å². The minimum Gasteiger partial charge on any atom is -0.328 e. The summed E-state index contributed by atoms with van der Waals surface area (Å²) >= 11 is 6.18. The van der Waals surface area contributed by atoms with Crippen LogP contribution in [-0.4, -0.2) is 26.9 Å². The highest BCUT2D eigenvalue weighted by atomic mass is 35.5. The Labute approximate surface area is 195 Å². The van der Waals surface area contributed by atoms with E-state index in [1.165, 1.54) is 33.7 Å². The van der Waals surface area contributed by atoms with Crippen LogP contribution in [0.5, 0.6) is 0 Å². The molecule has 0 spiro atoms. The third kappa shape index (κ3) is 4.51. The van der Waals surface area contributed by atoms with Crippen LogP contribution in [-0.2, 0) is 11.3 Å². The fourth-order valence-corrected chi connectivity index (χ4v) is 4.27. The predicted molar refractivity (Wildman–Crippen MR) is 124 cm³/mol. The molecule has 0 aliphatic carbocycles. The van der Waals surface area contributed by atoms with Gasteiger partial charge in [0.15, 0.2) is 0 Å². The highest BCUT2D eigenvalue weighted by Crippen LogP contribution is 2.39. The van der Waals surface area contributed by atoms with Crippen molar-refractivity contribution >= 4 is 43.2 Å². The Morgan fingerprint density at radius 1 is 1.00 bits per heavy atom. The standard InChI is InChI=1S/C22H20ClFN3O5P/c1-13-9-16(24)4-6-18(13)25-11-26(22(29)17-10-15(23)3-5-20(17)25)19-7-8-21(28)27(14(19)2)12-32-33(30)31/h3-10,30-31H,11-12H2,1-2H3. The zero-order valence-corrected chi connectivity index (χ0v) is 19.3. The van der Waals surface area contributed by atoms with E-state index < -0.39 is 14.2 Å². The van der Waals surface area contributed by atoms with Gasteiger partial charge in [0.1, 0.15) is 19.2 Å². The van der Waals surface area contributed by atoms with Crippen molar-refractivity contribution in [1.29, 1.82) is 0 Å². The Kier molecular flexibility index (Phi) is 6.52. The molecule has 0 bridgehead atoms. The van der Waals surface area contributed by atoms with Gasteiger partial charge in [0.25, 0.3) is 11.5 Å². The van der Waals surface area contributed by atoms with Crippen molar-refractivity contribution in [2.24, 2.45) is 0 Å². The lowest BCUT2D eigenvalue weighted by Crippen LogP contribution is -2.46. The van der Waals surface area contributed by atoms with Gasteiger partial charge in [-0.2, -0.15) is 0 Å². The zero-order valence-electron chi connectivity index (χ0n) is 17.7. The molecule has 2 heterocycles. The summed E-state index contributed by atoms with van der Waals surface area (Å²) in [7, 11) is -2.66. The summed E-state index contributed by atoms with van der Waals surface area (Å²) in [6.07, 6.45) is 0. The fraction of sp³-hybridized carbons (Fsp3) is 0.182. The molecule has 0 saturated carbocycles. The number of anilines is 3. The molecule has 0 radical (unpaired) electrons. The Morgan fingerprint density at radius 3 is 2.39 bits per heavy atom. The number of hydrogen-bond donors (Lipinski definition) is 2. The number of rotatable bonds is 5. The largest absolute Gasteiger partial charge is 0.328 e. The second-order valence-electron chi connectivity index (χ2n) is 7.48. The maximum atomic E-state index is 13.8. The Morgan fingerprint density at radius 2 is 1.70 bits per heavy atom. The molecule has 0 fully saturated rings. The van der Waals surface area contributed by atoms with E-state index in [2.05, 4.69) is 0 Å². The van der Waals surface area contributed by atoms with Crippen LogP contribution < -0.4 is 15.4 Å². The first-order valence-electron chi connectivity index (χ1n) is 9.83. The summed E-state index contributed by atoms with van der Waals surface area (Å²) in [4.78, 5) is 47.3. The third-order valence-electron chi connectivity index (χ3n) is 5.48. The van der Waals surface area contributed by atoms with Crippen molar-refractivity contribution in [1.82, 2.24) is 4.57 Å². The number of carbonyl (C=O) groups excluding carboxylic acids is 1. The number of hydrogen-bond acceptors (Lipinski definition) is 6. The summed E-state index contributed by atoms with van der Waals surface area (Å²) < 4.78 is 19.8. The summed E-state index contributed by atoms with van der Waals surface area (Å²) in [6.45, 7) is 3.11. The SMILES string of the molecule is Cc1cc(F)ccc1N1CN(c2ccc(=O)n(COP(O)O)c2C)C(=O)c2cc(Cl)ccc21. The first-order valence-corrected chi connectivity index (χ1v) is 11.4. The van der Waals surface area contributed by atoms with E-state index >= 15 is 0 Å². The molecule has 4 rings (SSSR count). The molecular formula is C22H20ClFN3O5P. The Balaban J connectivity index is 1.85. The molecule has 0 atom stereocenters. The molecule has 0 unspecified atom stereocenters. The van der Waals surface area contributed by atoms with Gasteiger partial charge in [0.2, 0.25) is 0 Å². The van der Waals surface area contributed by atoms with Gasteiger partial charge in [-0.05, 0) is 61.9 Å². The molecule has 11 heteroatoms. The second-order valence-corrected chi connectivity index (χ2v) is 8.68. The first kappa shape index (κ1) is 23.4. The highest BCUT2D eigenvalue weighted by Gasteiger charge is 2.33. The minimum absolute atomic E-state index is 0.0898. The fourth-order valence-electron chi connectivity index (χ4n) is 3.87. The van der Waals surface area contributed by atoms with Crippen LogP contribution in [0.25, 0.3) is 0 Å². The van der Waals surface area contributed by atoms with E-state index in [1.54, 1.807) is 38.1 Å². The van der Waals surface area contributed by atoms with Gasteiger partial charge in [0, 0.05) is 22.5 Å². The molecule has 1 aliphatic heterocycles. The van der Waals surface area contributed by atoms with Gasteiger partial charge in [-0.15, -0.1) is 0 Å². The molecule has 1 aromatic heterocycles. The molecule has 0 saturated heterocycles. The van der Waals surface area contributed by atoms with Gasteiger partial charge >= 0.3 is 8.60 Å². The number of amides is 1. The summed E-state index contributed by atoms with van der Waals surface area (Å²) in [5, 5.41) is 0.383. The van der Waals surface area contributed by atoms with Gasteiger partial charge in [-0.1, -0.05) is 11.6 Å². The lowest BCUT2D eigenvalue weighted by molar-refractivity contribution is 0.0982. The molecule has 172 valence electrons. The second kappa shape index (κ2) is 9.21. The third-order valence-corrected chi connectivity index (χ3v) is 6.06. The van der Waals surface area contributed by atoms with E-state index in [9.17, 15) is 14.0 Å². The average Bonchev–Trinajstić information content (AvgIpc) is 2.75. The molecule has 1 amide bonds. The maximum absolute atomic E-state index is 13.8. The normalized spacial score (nSPS) is 13.6. The van der Waals surface area contributed by atoms with E-state index in [0.29, 0.717) is 38.9 Å². The molecule has 33 heavy (non-hydrogen) atoms. The van der Waals surface area contributed by atoms with Gasteiger partial charge < -0.3 is 14.7 Å². The lowest BCUT2D eigenvalue weighted by Gasteiger charge is -2.39. The van der Waals surface area contributed by atoms with Gasteiger partial charge in [-0.3, -0.25) is 23.6 Å². The number of nitrogens with zero attached hydrogens (tertiary/aromatic N) is 3. The van der Waals surface area contributed by atoms with Gasteiger partial charge in [-0.25, -0.2) is 4.39 Å². The van der Waals surface area contributed by atoms with Crippen LogP contribution >= 0.6 is 20.2 Å². The number of carbonyl (C=O) groups is 1. The molecule has 1 aliphatic rings. The summed E-state index contributed by atoms with van der Waals surface area (Å²) in [5.74, 6) is -0.697. The van der Waals surface area contributed by atoms with Crippen molar-refractivity contribution < 1.29 is 23.5 Å². The lowest BCUT2D eigenvalue weighted by atomic mass is 10.0. The Bertz CT molecular complexity index is 1300. The van der Waals surface area contributed by atoms with Crippen molar-refractivity contribution in [3.05, 3.63) is 86.5 Å². The minimum atomic E-state index is -2.66. The van der Waals surface area contributed by atoms with Gasteiger partial charge in [0.05, 0.1) is 16.9 Å². The van der Waals surface area contributed by atoms with Crippen molar-refractivity contribution in [2.75, 3.05) is 16.5 Å². The maximum Gasteiger partial charge on any atom is 0.328 e. The number of fused-ring (bicyclic) bond motifs is 1. The molecule has 2 N–H and O–H groups in total. The molecule has 3 aromatic rings. The number of aromatic nitrogens is 1. The van der Waals surface area contributed by atoms with Crippen molar-refractivity contribution in [3.8, 4) is 0 Å². The summed E-state index contributed by atoms with van der Waals surface area (Å²) in [6, 6.07) is 12.2. The first-order chi connectivity index (χ1) is 15.7. The van der Waals surface area contributed by atoms with E-state index in [-0.39, 0.29) is 25.1 Å². The number of halogens is 2. The van der Waals surface area contributed by atoms with Crippen LogP contribution in [0.3, 0.4) is 0 Å². The zero-order chi connectivity index (χ0) is 23.9. The monoisotopic (exact) mass is 491 g/mol. The van der Waals surface area contributed by atoms with Crippen molar-refractivity contribution in [3.63, 3.8) is 0 Å². The molecule has 2 aromatic carbocycles. The van der Waals surface area contributed by atoms with Crippen LogP contribution in [0.15, 0.2) is 53.3 Å². The Hall–Kier alpha value is -2.81. The highest BCUT2D eigenvalue weighted by molar-refractivity contribution is 7.39. The number of pyridine rings is 1. The average molecular weight is 492 g/mol. The summed E-state index contributed by atoms with van der Waals surface area (Å²) in [5.41, 5.74) is 2.76. The molecular weight excluding hydrogens is 472 g/mol. The van der Waals surface area contributed by atoms with Crippen LogP contribution in [0.4, 0.5) is 21.5 Å². The topological polar surface area (TPSA) is 95.2 Å². The number of aryl methyl sites for hydroxylation is 1. The van der Waals surface area contributed by atoms with Crippen LogP contribution in [0.2, 0.25) is 5.02 Å². The smallest absolute Gasteiger partial charge is 0.328 e. The van der Waals surface area contributed by atoms with Crippen molar-refractivity contribution in [2.45, 2.75) is 20.6 Å². The quantitative estimate of drug-likeness (QED) is 0.519. The van der Waals surface area contributed by atoms with E-state index in [0.717, 1.165) is 0 Å². The molecule has 8 nitrogen and oxygen atoms in total. The van der Waals surface area contributed by atoms with Crippen LogP contribution in [0.1, 0.15) is 21.6 Å². The van der Waals surface area contributed by atoms with Crippen LogP contribution in [0, 0.1) is 19.7 Å². The predicted octanol–water partition coefficient (Wildman–Crippen LogP) is 4.20.